The number of nitrogens with one attached hydrogen (secondary N) is 4. The molecule has 0 aliphatic carbocycles. The van der Waals surface area contributed by atoms with Crippen molar-refractivity contribution in [3.8, 4) is 0 Å². The Hall–Kier alpha value is -7.60. The molecule has 310 valence electrons. The molecule has 2 atom stereocenters. The van der Waals surface area contributed by atoms with Crippen LogP contribution in [-0.4, -0.2) is 69.6 Å². The molecule has 4 aromatic rings. The van der Waals surface area contributed by atoms with Gasteiger partial charge in [0.2, 0.25) is 0 Å². The number of allylic oxidation sites excluding steroid dienone is 4. The van der Waals surface area contributed by atoms with Crippen LogP contribution in [0.5, 0.6) is 0 Å². The Morgan fingerprint density at radius 2 is 1.34 bits per heavy atom. The van der Waals surface area contributed by atoms with Gasteiger partial charge in [0.25, 0.3) is 0 Å². The van der Waals surface area contributed by atoms with Gasteiger partial charge in [-0.3, -0.25) is 14.6 Å². The first-order valence-corrected chi connectivity index (χ1v) is 20.6. The average molecular weight is 824 g/mol. The molecule has 0 aromatic carbocycles. The molecule has 10 rings (SSSR count). The Morgan fingerprint density at radius 3 is 2.03 bits per heavy atom. The molecule has 2 unspecified atom stereocenters. The topological polar surface area (TPSA) is 184 Å². The molecular formula is C50H46N8O4. The van der Waals surface area contributed by atoms with Gasteiger partial charge in [0, 0.05) is 51.3 Å². The van der Waals surface area contributed by atoms with Gasteiger partial charge in [-0.25, -0.2) is 15.0 Å². The Bertz CT molecular complexity index is 3240. The van der Waals surface area contributed by atoms with Gasteiger partial charge in [-0.2, -0.15) is 0 Å². The first-order valence-electron chi connectivity index (χ1n) is 21.1. The van der Waals surface area contributed by atoms with Crippen LogP contribution in [0, 0.1) is 0 Å². The Labute approximate surface area is 358 Å². The molecule has 10 heterocycles. The van der Waals surface area contributed by atoms with Gasteiger partial charge in [-0.15, -0.1) is 0 Å². The van der Waals surface area contributed by atoms with Crippen LogP contribution in [0.15, 0.2) is 129 Å². The molecule has 12 heteroatoms. The number of nitrogens with zero attached hydrogens (tertiary/aromatic N) is 4. The minimum Gasteiger partial charge on any atom is -0.481 e. The van der Waals surface area contributed by atoms with Gasteiger partial charge in [0.05, 0.1) is 46.8 Å². The summed E-state index contributed by atoms with van der Waals surface area (Å²) in [6, 6.07) is 18.0. The summed E-state index contributed by atoms with van der Waals surface area (Å²) in [6.45, 7) is 8.04. The van der Waals surface area contributed by atoms with Crippen LogP contribution in [0.2, 0.25) is 0 Å². The smallest absolute Gasteiger partial charge is 0.303 e. The molecule has 0 saturated carbocycles. The lowest BCUT2D eigenvalue weighted by Gasteiger charge is -2.34. The van der Waals surface area contributed by atoms with E-state index in [0.29, 0.717) is 6.04 Å². The second-order valence-corrected chi connectivity index (χ2v) is 16.4. The number of hydrogen-bond acceptors (Lipinski definition) is 7. The van der Waals surface area contributed by atoms with Crippen LogP contribution < -0.4 is 16.0 Å². The van der Waals surface area contributed by atoms with Crippen LogP contribution in [-0.2, 0) is 9.59 Å². The fourth-order valence-electron chi connectivity index (χ4n) is 8.82. The Kier molecular flexibility index (Phi) is 9.82. The monoisotopic (exact) mass is 823 g/mol. The van der Waals surface area contributed by atoms with Crippen molar-refractivity contribution in [2.45, 2.75) is 64.5 Å². The predicted molar refractivity (Wildman–Crippen MR) is 247 cm³/mol. The molecule has 0 saturated heterocycles. The number of hydrogen-bond donors (Lipinski definition) is 6. The number of aromatic nitrogens is 5. The van der Waals surface area contributed by atoms with Crippen LogP contribution in [0.4, 0.5) is 0 Å². The van der Waals surface area contributed by atoms with Crippen molar-refractivity contribution in [1.82, 2.24) is 30.2 Å². The van der Waals surface area contributed by atoms with E-state index in [1.165, 1.54) is 0 Å². The summed E-state index contributed by atoms with van der Waals surface area (Å²) in [5.74, 6) is -1.82. The second kappa shape index (κ2) is 15.8. The normalized spacial score (nSPS) is 20.9. The summed E-state index contributed by atoms with van der Waals surface area (Å²) in [7, 11) is 0. The van der Waals surface area contributed by atoms with Gasteiger partial charge >= 0.3 is 11.9 Å². The van der Waals surface area contributed by atoms with Gasteiger partial charge in [0.15, 0.2) is 0 Å². The van der Waals surface area contributed by atoms with E-state index in [1.54, 1.807) is 0 Å². The number of carbonyl (C=O) groups is 2. The van der Waals surface area contributed by atoms with Crippen molar-refractivity contribution in [2.75, 3.05) is 0 Å². The van der Waals surface area contributed by atoms with E-state index in [-0.39, 0.29) is 25.7 Å². The third kappa shape index (κ3) is 8.27. The number of carboxylic acid groups (broad SMARTS) is 2. The zero-order chi connectivity index (χ0) is 44.0. The van der Waals surface area contributed by atoms with Crippen molar-refractivity contribution in [3.63, 3.8) is 0 Å². The fourth-order valence-corrected chi connectivity index (χ4v) is 8.82. The molecule has 0 radical (unpaired) electrons. The van der Waals surface area contributed by atoms with Crippen molar-refractivity contribution in [2.24, 2.45) is 9.98 Å². The molecule has 6 aliphatic heterocycles. The first-order chi connectivity index (χ1) is 30.2. The highest BCUT2D eigenvalue weighted by molar-refractivity contribution is 6.23. The number of H-pyrrole nitrogens is 3. The number of aliphatic imine (C=N–C) groups is 2. The lowest BCUT2D eigenvalue weighted by atomic mass is 9.76. The van der Waals surface area contributed by atoms with Crippen LogP contribution in [0.3, 0.4) is 0 Å². The summed E-state index contributed by atoms with van der Waals surface area (Å²) in [5, 5.41) is 24.6. The largest absolute Gasteiger partial charge is 0.481 e. The van der Waals surface area contributed by atoms with Gasteiger partial charge in [0.1, 0.15) is 5.54 Å². The highest BCUT2D eigenvalue weighted by Crippen LogP contribution is 2.47. The van der Waals surface area contributed by atoms with Gasteiger partial charge in [-0.05, 0) is 178 Å². The summed E-state index contributed by atoms with van der Waals surface area (Å²) in [4.78, 5) is 52.6. The second-order valence-electron chi connectivity index (χ2n) is 16.4. The first kappa shape index (κ1) is 38.6. The molecule has 0 fully saturated rings. The molecule has 0 spiro atoms. The minimum atomic E-state index is -0.975. The minimum absolute atomic E-state index is 0.0625. The van der Waals surface area contributed by atoms with Crippen LogP contribution in [0.25, 0.3) is 58.5 Å². The Balaban J connectivity index is 0.000000173. The summed E-state index contributed by atoms with van der Waals surface area (Å²) >= 11 is 0. The molecular weight excluding hydrogens is 777 g/mol. The molecule has 16 bridgehead atoms. The van der Waals surface area contributed by atoms with E-state index in [0.717, 1.165) is 101 Å². The van der Waals surface area contributed by atoms with Crippen molar-refractivity contribution < 1.29 is 21.2 Å². The summed E-state index contributed by atoms with van der Waals surface area (Å²) in [6.07, 6.45) is 20.4. The lowest BCUT2D eigenvalue weighted by Crippen LogP contribution is -2.37. The molecule has 6 aliphatic rings. The van der Waals surface area contributed by atoms with E-state index < -0.39 is 23.0 Å². The molecule has 62 heavy (non-hydrogen) atoms. The van der Waals surface area contributed by atoms with E-state index in [1.807, 2.05) is 124 Å². The maximum atomic E-state index is 11.8. The highest BCUT2D eigenvalue weighted by atomic mass is 16.4. The van der Waals surface area contributed by atoms with Crippen molar-refractivity contribution in [3.05, 3.63) is 152 Å². The lowest BCUT2D eigenvalue weighted by molar-refractivity contribution is -0.138. The maximum absolute atomic E-state index is 11.8. The number of carboxylic acids is 2. The number of fused-ring (bicyclic) bond motifs is 14. The van der Waals surface area contributed by atoms with Gasteiger partial charge in [-0.1, -0.05) is 6.08 Å². The average Bonchev–Trinajstić information content (AvgIpc) is 4.10. The number of aliphatic carboxylic acids is 2. The number of aromatic amines is 3. The van der Waals surface area contributed by atoms with E-state index in [4.69, 9.17) is 11.4 Å². The standard InChI is InChI=1S/C30H32N4O4.C20H14N4/c1-17-15-29(4)16-23-8-7-21(32-23)13-20-5-6-22(31-20)14-25-18(2)24(9-10-26(35)36)30(33-25,12-11-27(37)38)19(3)28(17)34-29;1-2-14-10-16-5-6-18(23-16)12-20-8-7-19(24-20)11-17-4-3-15(22-17)9-13(1)21-14/h5-8,13-16,31,34H,9-12H2,1-4H3,(H,35,36)(H,37,38);1-12,21-22H/i;1D. The molecule has 12 nitrogen and oxygen atoms in total. The summed E-state index contributed by atoms with van der Waals surface area (Å²) < 4.78 is 8.15. The zero-order valence-corrected chi connectivity index (χ0v) is 34.8. The van der Waals surface area contributed by atoms with Crippen molar-refractivity contribution in [1.29, 1.82) is 0 Å². The summed E-state index contributed by atoms with van der Waals surface area (Å²) in [5.41, 5.74) is 12.5. The Morgan fingerprint density at radius 1 is 0.710 bits per heavy atom. The third-order valence-corrected chi connectivity index (χ3v) is 11.7. The fraction of sp³-hybridized carbons (Fsp3) is 0.200. The van der Waals surface area contributed by atoms with E-state index in [9.17, 15) is 19.8 Å². The van der Waals surface area contributed by atoms with E-state index >= 15 is 0 Å². The zero-order valence-electron chi connectivity index (χ0n) is 35.8. The molecule has 4 aromatic heterocycles. The van der Waals surface area contributed by atoms with Gasteiger partial charge < -0.3 is 30.5 Å². The maximum Gasteiger partial charge on any atom is 0.303 e. The van der Waals surface area contributed by atoms with Crippen molar-refractivity contribution >= 4 is 81.9 Å². The van der Waals surface area contributed by atoms with Crippen LogP contribution >= 0.6 is 0 Å². The highest BCUT2D eigenvalue weighted by Gasteiger charge is 2.44. The predicted octanol–water partition coefficient (Wildman–Crippen LogP) is 7.96. The van der Waals surface area contributed by atoms with E-state index in [2.05, 4.69) is 49.3 Å². The molecule has 0 amide bonds. The quantitative estimate of drug-likeness (QED) is 0.0984. The third-order valence-electron chi connectivity index (χ3n) is 11.7. The van der Waals surface area contributed by atoms with Crippen LogP contribution in [0.1, 0.15) is 77.5 Å². The number of rotatable bonds is 6. The molecule has 6 N–H and O–H groups in total. The SMILES string of the molecule is CC1=CC2(C)C=C3C=CC(=N3)C=c3ccc([nH]3)=CC3=NC(CCC(=O)O)(C(C)=C1N2)C(CCC(=O)O)=C3C.[2H]c1cc2cc3nc(cc4nc(cc5ccc(cc1[nH]2)[nH]5)C=C4)C=C3.